The maximum atomic E-state index is 10.4. The monoisotopic (exact) mass is 192 g/mol. The molecule has 0 fully saturated rings. The van der Waals surface area contributed by atoms with E-state index in [-0.39, 0.29) is 0 Å². The zero-order valence-corrected chi connectivity index (χ0v) is 7.76. The van der Waals surface area contributed by atoms with Crippen LogP contribution in [0.15, 0.2) is 11.4 Å². The van der Waals surface area contributed by atoms with E-state index in [0.717, 1.165) is 0 Å². The summed E-state index contributed by atoms with van der Waals surface area (Å²) in [5.74, 6) is -0.0567. The Hall–Kier alpha value is -2.16. The highest BCUT2D eigenvalue weighted by Gasteiger charge is 2.02. The third kappa shape index (κ3) is 2.17. The third-order valence-corrected chi connectivity index (χ3v) is 1.49. The first-order valence-corrected chi connectivity index (χ1v) is 3.78. The highest BCUT2D eigenvalue weighted by atomic mass is 16.7. The molecule has 0 N–H and O–H groups in total. The van der Waals surface area contributed by atoms with E-state index in [1.165, 1.54) is 23.9 Å². The maximum absolute atomic E-state index is 10.4. The molecule has 1 aromatic heterocycles. The molecule has 6 nitrogen and oxygen atoms in total. The van der Waals surface area contributed by atoms with Gasteiger partial charge in [0.1, 0.15) is 18.0 Å². The van der Waals surface area contributed by atoms with Crippen molar-refractivity contribution in [2.45, 2.75) is 6.92 Å². The zero-order valence-electron chi connectivity index (χ0n) is 7.76. The number of carbonyl (C=O) groups excluding carboxylic acids is 1. The number of carbonyl (C=O) groups is 1. The molecule has 1 rings (SSSR count). The van der Waals surface area contributed by atoms with Crippen molar-refractivity contribution in [3.8, 4) is 6.07 Å². The van der Waals surface area contributed by atoms with Gasteiger partial charge in [0, 0.05) is 14.0 Å². The molecule has 0 amide bonds. The van der Waals surface area contributed by atoms with Crippen LogP contribution in [0.5, 0.6) is 0 Å². The molecule has 0 spiro atoms. The summed E-state index contributed by atoms with van der Waals surface area (Å²) in [6.45, 7) is 1.25. The first-order chi connectivity index (χ1) is 6.65. The number of hydrogen-bond acceptors (Lipinski definition) is 5. The highest BCUT2D eigenvalue weighted by Crippen LogP contribution is 1.98. The van der Waals surface area contributed by atoms with E-state index < -0.39 is 5.97 Å². The Kier molecular flexibility index (Phi) is 2.97. The number of rotatable bonds is 2. The summed E-state index contributed by atoms with van der Waals surface area (Å²) in [7, 11) is 1.67. The fourth-order valence-electron chi connectivity index (χ4n) is 0.795. The van der Waals surface area contributed by atoms with Crippen LogP contribution in [0.1, 0.15) is 18.4 Å². The molecule has 0 aliphatic heterocycles. The van der Waals surface area contributed by atoms with Crippen LogP contribution in [0, 0.1) is 11.3 Å². The average molecular weight is 192 g/mol. The van der Waals surface area contributed by atoms with Crippen LogP contribution in [0.4, 0.5) is 0 Å². The third-order valence-electron chi connectivity index (χ3n) is 1.49. The first-order valence-electron chi connectivity index (χ1n) is 3.78. The van der Waals surface area contributed by atoms with E-state index >= 15 is 0 Å². The van der Waals surface area contributed by atoms with Gasteiger partial charge in [-0.1, -0.05) is 5.16 Å². The SMILES string of the molecule is CC(=O)ON=Cc1ncc(C#N)n1C. The van der Waals surface area contributed by atoms with E-state index in [2.05, 4.69) is 15.0 Å². The lowest BCUT2D eigenvalue weighted by Crippen LogP contribution is -2.00. The summed E-state index contributed by atoms with van der Waals surface area (Å²) >= 11 is 0. The number of aromatic nitrogens is 2. The van der Waals surface area contributed by atoms with Crippen molar-refractivity contribution in [2.75, 3.05) is 0 Å². The number of oxime groups is 1. The minimum atomic E-state index is -0.504. The van der Waals surface area contributed by atoms with Crippen molar-refractivity contribution in [2.24, 2.45) is 12.2 Å². The normalized spacial score (nSPS) is 10.1. The van der Waals surface area contributed by atoms with E-state index in [9.17, 15) is 4.79 Å². The summed E-state index contributed by atoms with van der Waals surface area (Å²) < 4.78 is 1.53. The molecule has 0 aliphatic carbocycles. The van der Waals surface area contributed by atoms with E-state index in [0.29, 0.717) is 11.5 Å². The van der Waals surface area contributed by atoms with E-state index in [1.54, 1.807) is 7.05 Å². The maximum Gasteiger partial charge on any atom is 0.331 e. The molecule has 1 aromatic rings. The molecule has 0 aromatic carbocycles. The number of hydrogen-bond donors (Lipinski definition) is 0. The van der Waals surface area contributed by atoms with Crippen LogP contribution in [0.3, 0.4) is 0 Å². The van der Waals surface area contributed by atoms with Crippen molar-refractivity contribution in [3.63, 3.8) is 0 Å². The fourth-order valence-corrected chi connectivity index (χ4v) is 0.795. The highest BCUT2D eigenvalue weighted by molar-refractivity contribution is 5.76. The van der Waals surface area contributed by atoms with Gasteiger partial charge in [-0.25, -0.2) is 9.78 Å². The molecule has 6 heteroatoms. The van der Waals surface area contributed by atoms with Crippen LogP contribution >= 0.6 is 0 Å². The second-order valence-corrected chi connectivity index (χ2v) is 2.49. The number of nitriles is 1. The van der Waals surface area contributed by atoms with Gasteiger partial charge >= 0.3 is 5.97 Å². The second kappa shape index (κ2) is 4.18. The topological polar surface area (TPSA) is 80.3 Å². The van der Waals surface area contributed by atoms with Crippen LogP contribution in [-0.4, -0.2) is 21.7 Å². The van der Waals surface area contributed by atoms with Crippen LogP contribution in [-0.2, 0) is 16.7 Å². The minimum Gasteiger partial charge on any atom is -0.318 e. The van der Waals surface area contributed by atoms with Gasteiger partial charge in [0.25, 0.3) is 0 Å². The Balaban J connectivity index is 2.78. The Labute approximate surface area is 80.4 Å². The Morgan fingerprint density at radius 2 is 2.57 bits per heavy atom. The molecule has 0 aliphatic rings. The van der Waals surface area contributed by atoms with Crippen molar-refractivity contribution in [1.82, 2.24) is 9.55 Å². The number of imidazole rings is 1. The molecular formula is C8H8N4O2. The molecule has 1 heterocycles. The van der Waals surface area contributed by atoms with Crippen molar-refractivity contribution in [1.29, 1.82) is 5.26 Å². The molecule has 0 bridgehead atoms. The lowest BCUT2D eigenvalue weighted by atomic mass is 10.5. The van der Waals surface area contributed by atoms with Crippen LogP contribution < -0.4 is 0 Å². The molecule has 72 valence electrons. The van der Waals surface area contributed by atoms with Gasteiger partial charge in [0.2, 0.25) is 0 Å². The van der Waals surface area contributed by atoms with Crippen molar-refractivity contribution < 1.29 is 9.63 Å². The van der Waals surface area contributed by atoms with E-state index in [1.807, 2.05) is 6.07 Å². The summed E-state index contributed by atoms with van der Waals surface area (Å²) in [6, 6.07) is 1.95. The molecular weight excluding hydrogens is 184 g/mol. The molecule has 0 unspecified atom stereocenters. The summed E-state index contributed by atoms with van der Waals surface area (Å²) in [4.78, 5) is 18.6. The standard InChI is InChI=1S/C8H8N4O2/c1-6(13)14-11-5-8-10-4-7(3-9)12(8)2/h4-5H,1-2H3. The summed E-state index contributed by atoms with van der Waals surface area (Å²) in [6.07, 6.45) is 2.68. The Morgan fingerprint density at radius 1 is 1.86 bits per heavy atom. The minimum absolute atomic E-state index is 0.411. The van der Waals surface area contributed by atoms with E-state index in [4.69, 9.17) is 5.26 Å². The lowest BCUT2D eigenvalue weighted by molar-refractivity contribution is -0.140. The lowest BCUT2D eigenvalue weighted by Gasteiger charge is -1.94. The summed E-state index contributed by atoms with van der Waals surface area (Å²) in [5.41, 5.74) is 0.411. The molecule has 14 heavy (non-hydrogen) atoms. The van der Waals surface area contributed by atoms with Gasteiger partial charge in [-0.15, -0.1) is 0 Å². The molecule has 0 atom stereocenters. The Bertz CT molecular complexity index is 413. The molecule has 0 radical (unpaired) electrons. The van der Waals surface area contributed by atoms with Gasteiger partial charge in [0.05, 0.1) is 6.20 Å². The predicted molar refractivity (Wildman–Crippen MR) is 47.3 cm³/mol. The van der Waals surface area contributed by atoms with Gasteiger partial charge in [-0.2, -0.15) is 5.26 Å². The zero-order chi connectivity index (χ0) is 10.6. The van der Waals surface area contributed by atoms with Gasteiger partial charge in [0.15, 0.2) is 5.82 Å². The quantitative estimate of drug-likeness (QED) is 0.380. The summed E-state index contributed by atoms with van der Waals surface area (Å²) in [5, 5.41) is 12.0. The van der Waals surface area contributed by atoms with Crippen LogP contribution in [0.25, 0.3) is 0 Å². The van der Waals surface area contributed by atoms with Crippen molar-refractivity contribution >= 4 is 12.2 Å². The van der Waals surface area contributed by atoms with Gasteiger partial charge in [-0.05, 0) is 0 Å². The number of nitrogens with zero attached hydrogens (tertiary/aromatic N) is 4. The first kappa shape index (κ1) is 9.92. The van der Waals surface area contributed by atoms with Crippen molar-refractivity contribution in [3.05, 3.63) is 17.7 Å². The molecule has 0 saturated heterocycles. The predicted octanol–water partition coefficient (Wildman–Crippen LogP) is 0.189. The van der Waals surface area contributed by atoms with Crippen LogP contribution in [0.2, 0.25) is 0 Å². The van der Waals surface area contributed by atoms with Gasteiger partial charge < -0.3 is 9.40 Å². The second-order valence-electron chi connectivity index (χ2n) is 2.49. The fraction of sp³-hybridized carbons (Fsp3) is 0.250. The van der Waals surface area contributed by atoms with Gasteiger partial charge in [-0.3, -0.25) is 0 Å². The molecule has 0 saturated carbocycles. The smallest absolute Gasteiger partial charge is 0.318 e. The largest absolute Gasteiger partial charge is 0.331 e. The average Bonchev–Trinajstić information content (AvgIpc) is 2.47. The Morgan fingerprint density at radius 3 is 3.07 bits per heavy atom.